The van der Waals surface area contributed by atoms with E-state index in [1.54, 1.807) is 0 Å². The second kappa shape index (κ2) is 6.79. The van der Waals surface area contributed by atoms with Crippen molar-refractivity contribution in [1.82, 2.24) is 0 Å². The molecule has 0 fully saturated rings. The van der Waals surface area contributed by atoms with Crippen molar-refractivity contribution in [3.8, 4) is 11.5 Å². The molecule has 0 saturated carbocycles. The quantitative estimate of drug-likeness (QED) is 0.803. The summed E-state index contributed by atoms with van der Waals surface area (Å²) in [7, 11) is -0.680. The number of benzene rings is 2. The Morgan fingerprint density at radius 1 is 0.609 bits per heavy atom. The lowest BCUT2D eigenvalue weighted by Gasteiger charge is -2.25. The van der Waals surface area contributed by atoms with Gasteiger partial charge in [-0.3, -0.25) is 0 Å². The molecule has 0 unspecified atom stereocenters. The molecule has 0 amide bonds. The van der Waals surface area contributed by atoms with Gasteiger partial charge in [-0.05, 0) is 64.0 Å². The average Bonchev–Trinajstić information content (AvgIpc) is 2.40. The van der Waals surface area contributed by atoms with Gasteiger partial charge in [0, 0.05) is 0 Å². The van der Waals surface area contributed by atoms with Crippen molar-refractivity contribution in [2.45, 2.75) is 52.7 Å². The first-order valence-corrected chi connectivity index (χ1v) is 9.59. The van der Waals surface area contributed by atoms with E-state index >= 15 is 0 Å². The van der Waals surface area contributed by atoms with E-state index in [0.29, 0.717) is 0 Å². The van der Waals surface area contributed by atoms with Crippen molar-refractivity contribution in [2.24, 2.45) is 0 Å². The molecular weight excluding hydrogens is 300 g/mol. The number of para-hydroxylation sites is 2. The van der Waals surface area contributed by atoms with Gasteiger partial charge >= 0.3 is 0 Å². The fourth-order valence-corrected chi connectivity index (χ4v) is 4.01. The summed E-state index contributed by atoms with van der Waals surface area (Å²) in [6, 6.07) is 16.8. The van der Waals surface area contributed by atoms with E-state index < -0.39 is 9.52 Å². The summed E-state index contributed by atoms with van der Waals surface area (Å²) in [4.78, 5) is 0. The molecule has 0 aliphatic rings. The third-order valence-corrected chi connectivity index (χ3v) is 5.09. The van der Waals surface area contributed by atoms with Gasteiger partial charge in [0.1, 0.15) is 22.7 Å². The highest BCUT2D eigenvalue weighted by molar-refractivity contribution is 6.69. The second-order valence-electron chi connectivity index (χ2n) is 7.82. The van der Waals surface area contributed by atoms with Gasteiger partial charge in [-0.25, -0.2) is 0 Å². The molecule has 2 aromatic rings. The molecule has 0 bridgehead atoms. The van der Waals surface area contributed by atoms with E-state index in [0.717, 1.165) is 11.5 Å². The minimum absolute atomic E-state index is 0.189. The smallest absolute Gasteiger partial charge is 0.119 e. The van der Waals surface area contributed by atoms with Gasteiger partial charge in [-0.1, -0.05) is 36.4 Å². The second-order valence-corrected chi connectivity index (χ2v) is 9.70. The highest BCUT2D eigenvalue weighted by Crippen LogP contribution is 2.17. The Morgan fingerprint density at radius 2 is 0.957 bits per heavy atom. The van der Waals surface area contributed by atoms with Crippen molar-refractivity contribution in [1.29, 1.82) is 0 Å². The molecule has 0 aliphatic heterocycles. The van der Waals surface area contributed by atoms with E-state index in [1.165, 1.54) is 10.4 Å². The van der Waals surface area contributed by atoms with E-state index in [-0.39, 0.29) is 11.2 Å². The number of hydrogen-bond acceptors (Lipinski definition) is 2. The van der Waals surface area contributed by atoms with Crippen LogP contribution in [0.25, 0.3) is 0 Å². The standard InChI is InChI=1S/C20H28O2Si/c1-19(2,3)21-15-11-7-9-13-17(15)23-18-14-10-8-12-16(18)22-20(4,5)6/h7-14H,23H2,1-6H3. The van der Waals surface area contributed by atoms with Crippen molar-refractivity contribution in [2.75, 3.05) is 0 Å². The molecule has 0 aliphatic carbocycles. The molecular formula is C20H28O2Si. The highest BCUT2D eigenvalue weighted by atomic mass is 28.2. The molecule has 0 spiro atoms. The van der Waals surface area contributed by atoms with Crippen LogP contribution >= 0.6 is 0 Å². The summed E-state index contributed by atoms with van der Waals surface area (Å²) in [5, 5.41) is 2.62. The minimum Gasteiger partial charge on any atom is -0.488 e. The topological polar surface area (TPSA) is 18.5 Å². The van der Waals surface area contributed by atoms with Crippen LogP contribution in [-0.4, -0.2) is 20.7 Å². The van der Waals surface area contributed by atoms with Crippen LogP contribution in [-0.2, 0) is 0 Å². The predicted molar refractivity (Wildman–Crippen MR) is 101 cm³/mol. The summed E-state index contributed by atoms with van der Waals surface area (Å²) in [5.41, 5.74) is -0.377. The summed E-state index contributed by atoms with van der Waals surface area (Å²) >= 11 is 0. The molecule has 0 atom stereocenters. The lowest BCUT2D eigenvalue weighted by molar-refractivity contribution is 0.132. The average molecular weight is 329 g/mol. The van der Waals surface area contributed by atoms with Crippen molar-refractivity contribution in [3.05, 3.63) is 48.5 Å². The Hall–Kier alpha value is -1.74. The summed E-state index contributed by atoms with van der Waals surface area (Å²) in [6.45, 7) is 12.5. The lowest BCUT2D eigenvalue weighted by atomic mass is 10.2. The normalized spacial score (nSPS) is 12.1. The van der Waals surface area contributed by atoms with Gasteiger partial charge in [0.25, 0.3) is 0 Å². The molecule has 0 saturated heterocycles. The van der Waals surface area contributed by atoms with E-state index in [1.807, 2.05) is 12.1 Å². The fourth-order valence-electron chi connectivity index (χ4n) is 2.36. The zero-order chi connectivity index (χ0) is 17.1. The van der Waals surface area contributed by atoms with Crippen LogP contribution in [0, 0.1) is 0 Å². The predicted octanol–water partition coefficient (Wildman–Crippen LogP) is 3.16. The van der Waals surface area contributed by atoms with Crippen LogP contribution in [0.4, 0.5) is 0 Å². The zero-order valence-electron chi connectivity index (χ0n) is 15.1. The fraction of sp³-hybridized carbons (Fsp3) is 0.400. The maximum Gasteiger partial charge on any atom is 0.119 e. The van der Waals surface area contributed by atoms with E-state index in [4.69, 9.17) is 9.47 Å². The van der Waals surface area contributed by atoms with Gasteiger partial charge in [0.05, 0.1) is 9.52 Å². The first-order chi connectivity index (χ1) is 10.6. The SMILES string of the molecule is CC(C)(C)Oc1ccccc1[SiH2]c1ccccc1OC(C)(C)C. The van der Waals surface area contributed by atoms with Crippen LogP contribution < -0.4 is 19.8 Å². The molecule has 0 aromatic heterocycles. The van der Waals surface area contributed by atoms with Gasteiger partial charge < -0.3 is 9.47 Å². The molecule has 2 nitrogen and oxygen atoms in total. The maximum absolute atomic E-state index is 6.14. The molecule has 2 rings (SSSR count). The number of ether oxygens (including phenoxy) is 2. The first-order valence-electron chi connectivity index (χ1n) is 8.18. The molecule has 124 valence electrons. The van der Waals surface area contributed by atoms with E-state index in [2.05, 4.69) is 77.9 Å². The van der Waals surface area contributed by atoms with Gasteiger partial charge in [0.2, 0.25) is 0 Å². The van der Waals surface area contributed by atoms with Crippen LogP contribution in [0.3, 0.4) is 0 Å². The summed E-state index contributed by atoms with van der Waals surface area (Å²) in [5.74, 6) is 1.99. The molecule has 0 heterocycles. The first kappa shape index (κ1) is 17.6. The monoisotopic (exact) mass is 328 g/mol. The van der Waals surface area contributed by atoms with Gasteiger partial charge in [-0.2, -0.15) is 0 Å². The third kappa shape index (κ3) is 5.75. The van der Waals surface area contributed by atoms with Crippen molar-refractivity contribution in [3.63, 3.8) is 0 Å². The molecule has 0 radical (unpaired) electrons. The van der Waals surface area contributed by atoms with Crippen LogP contribution in [0.15, 0.2) is 48.5 Å². The molecule has 0 N–H and O–H groups in total. The summed E-state index contributed by atoms with van der Waals surface area (Å²) < 4.78 is 12.3. The lowest BCUT2D eigenvalue weighted by Crippen LogP contribution is -2.35. The maximum atomic E-state index is 6.14. The van der Waals surface area contributed by atoms with E-state index in [9.17, 15) is 0 Å². The van der Waals surface area contributed by atoms with Crippen LogP contribution in [0.5, 0.6) is 11.5 Å². The summed E-state index contributed by atoms with van der Waals surface area (Å²) in [6.07, 6.45) is 0. The van der Waals surface area contributed by atoms with Gasteiger partial charge in [0.15, 0.2) is 0 Å². The molecule has 3 heteroatoms. The Balaban J connectivity index is 2.30. The third-order valence-electron chi connectivity index (χ3n) is 3.16. The molecule has 2 aromatic carbocycles. The highest BCUT2D eigenvalue weighted by Gasteiger charge is 2.17. The Kier molecular flexibility index (Phi) is 5.20. The largest absolute Gasteiger partial charge is 0.488 e. The number of rotatable bonds is 4. The Morgan fingerprint density at radius 3 is 1.30 bits per heavy atom. The molecule has 23 heavy (non-hydrogen) atoms. The zero-order valence-corrected chi connectivity index (χ0v) is 16.6. The van der Waals surface area contributed by atoms with Crippen molar-refractivity contribution < 1.29 is 9.47 Å². The Bertz CT molecular complexity index is 594. The van der Waals surface area contributed by atoms with Crippen LogP contribution in [0.1, 0.15) is 41.5 Å². The Labute approximate surface area is 142 Å². The minimum atomic E-state index is -0.680. The van der Waals surface area contributed by atoms with Crippen molar-refractivity contribution >= 4 is 19.9 Å². The number of hydrogen-bond donors (Lipinski definition) is 0. The van der Waals surface area contributed by atoms with Crippen LogP contribution in [0.2, 0.25) is 0 Å². The van der Waals surface area contributed by atoms with Gasteiger partial charge in [-0.15, -0.1) is 0 Å².